The number of ether oxygens (including phenoxy) is 1. The topological polar surface area (TPSA) is 105 Å². The van der Waals surface area contributed by atoms with Crippen molar-refractivity contribution in [3.63, 3.8) is 0 Å². The molecule has 1 aliphatic heterocycles. The number of hydrogen-bond donors (Lipinski definition) is 2. The number of benzene rings is 2. The van der Waals surface area contributed by atoms with E-state index in [1.165, 1.54) is 11.1 Å². The number of carboxylic acid groups (broad SMARTS) is 1. The summed E-state index contributed by atoms with van der Waals surface area (Å²) in [5.74, 6) is 0.104. The van der Waals surface area contributed by atoms with E-state index in [1.54, 1.807) is 48.6 Å². The molecular weight excluding hydrogens is 408 g/mol. The average molecular weight is 432 g/mol. The van der Waals surface area contributed by atoms with E-state index in [9.17, 15) is 14.7 Å². The number of nitrogens with zero attached hydrogens (tertiary/aromatic N) is 3. The van der Waals surface area contributed by atoms with Crippen molar-refractivity contribution in [1.29, 1.82) is 0 Å². The summed E-state index contributed by atoms with van der Waals surface area (Å²) in [6.45, 7) is 1.24. The second kappa shape index (κ2) is 8.20. The Bertz CT molecular complexity index is 1130. The van der Waals surface area contributed by atoms with Crippen LogP contribution in [0.25, 0.3) is 11.0 Å². The van der Waals surface area contributed by atoms with Crippen LogP contribution in [0.5, 0.6) is 5.75 Å². The van der Waals surface area contributed by atoms with Gasteiger partial charge in [0.05, 0.1) is 11.0 Å². The van der Waals surface area contributed by atoms with Crippen LogP contribution < -0.4 is 10.1 Å². The van der Waals surface area contributed by atoms with E-state index >= 15 is 0 Å². The molecular formula is C24H24N4O4. The number of likely N-dealkylation sites (N-methyl/N-ethyl adjacent to an activating group) is 1. The second-order valence-electron chi connectivity index (χ2n) is 8.46. The minimum Gasteiger partial charge on any atom is -0.480 e. The molecule has 2 heterocycles. The Labute approximate surface area is 185 Å². The van der Waals surface area contributed by atoms with E-state index in [0.29, 0.717) is 25.3 Å². The molecule has 0 saturated carbocycles. The molecule has 8 heteroatoms. The molecule has 1 aromatic heterocycles. The van der Waals surface area contributed by atoms with Crippen LogP contribution >= 0.6 is 0 Å². The lowest BCUT2D eigenvalue weighted by atomic mass is 9.96. The number of rotatable bonds is 5. The predicted molar refractivity (Wildman–Crippen MR) is 118 cm³/mol. The molecule has 8 nitrogen and oxygen atoms in total. The normalized spacial score (nSPS) is 20.1. The number of carbonyl (C=O) groups excluding carboxylic acids is 1. The predicted octanol–water partition coefficient (Wildman–Crippen LogP) is 2.93. The average Bonchev–Trinajstić information content (AvgIpc) is 3.05. The quantitative estimate of drug-likeness (QED) is 0.639. The number of carboxylic acids is 1. The number of nitrogens with one attached hydrogen (secondary N) is 1. The largest absolute Gasteiger partial charge is 0.480 e. The van der Waals surface area contributed by atoms with Crippen molar-refractivity contribution < 1.29 is 19.4 Å². The van der Waals surface area contributed by atoms with E-state index in [2.05, 4.69) is 27.4 Å². The van der Waals surface area contributed by atoms with Gasteiger partial charge in [-0.1, -0.05) is 12.1 Å². The molecule has 0 radical (unpaired) electrons. The molecule has 2 N–H and O–H groups in total. The van der Waals surface area contributed by atoms with Gasteiger partial charge in [-0.2, -0.15) is 0 Å². The lowest BCUT2D eigenvalue weighted by Gasteiger charge is -2.31. The Balaban J connectivity index is 1.26. The molecule has 2 bridgehead atoms. The maximum atomic E-state index is 12.9. The second-order valence-corrected chi connectivity index (χ2v) is 8.46. The highest BCUT2D eigenvalue weighted by atomic mass is 16.6. The maximum Gasteiger partial charge on any atom is 0.415 e. The van der Waals surface area contributed by atoms with Gasteiger partial charge in [0.25, 0.3) is 0 Å². The van der Waals surface area contributed by atoms with Crippen molar-refractivity contribution in [2.75, 3.05) is 20.1 Å². The molecule has 32 heavy (non-hydrogen) atoms. The summed E-state index contributed by atoms with van der Waals surface area (Å²) < 4.78 is 5.62. The number of fused-ring (bicyclic) bond motifs is 6. The monoisotopic (exact) mass is 432 g/mol. The van der Waals surface area contributed by atoms with E-state index < -0.39 is 12.0 Å². The molecule has 1 aliphatic carbocycles. The zero-order chi connectivity index (χ0) is 22.2. The van der Waals surface area contributed by atoms with Gasteiger partial charge in [-0.3, -0.25) is 14.8 Å². The summed E-state index contributed by atoms with van der Waals surface area (Å²) in [6.07, 6.45) is 4.42. The standard InChI is InChI=1S/C24H24N4O4/c1-25-22(23(29)30)8-14-2-4-17(5-3-14)32-24(31)28-12-15-9-16(13-28)19-11-21-20(10-18(15)19)26-6-7-27-21/h2-7,10-11,15-16,22,25H,8-9,12-13H2,1H3,(H,29,30). The summed E-state index contributed by atoms with van der Waals surface area (Å²) in [5, 5.41) is 11.9. The molecule has 3 unspecified atom stereocenters. The Morgan fingerprint density at radius 1 is 1.09 bits per heavy atom. The molecule has 2 aliphatic rings. The zero-order valence-corrected chi connectivity index (χ0v) is 17.7. The summed E-state index contributed by atoms with van der Waals surface area (Å²) in [7, 11) is 1.62. The van der Waals surface area contributed by atoms with Gasteiger partial charge < -0.3 is 20.1 Å². The van der Waals surface area contributed by atoms with E-state index in [-0.39, 0.29) is 17.9 Å². The van der Waals surface area contributed by atoms with Crippen molar-refractivity contribution in [1.82, 2.24) is 20.2 Å². The van der Waals surface area contributed by atoms with Crippen LogP contribution in [0, 0.1) is 0 Å². The highest BCUT2D eigenvalue weighted by molar-refractivity contribution is 5.78. The molecule has 1 fully saturated rings. The molecule has 1 amide bonds. The van der Waals surface area contributed by atoms with Gasteiger partial charge in [-0.15, -0.1) is 0 Å². The lowest BCUT2D eigenvalue weighted by molar-refractivity contribution is -0.139. The van der Waals surface area contributed by atoms with Gasteiger partial charge >= 0.3 is 12.1 Å². The van der Waals surface area contributed by atoms with Crippen LogP contribution in [0.2, 0.25) is 0 Å². The molecule has 3 atom stereocenters. The first-order valence-corrected chi connectivity index (χ1v) is 10.7. The van der Waals surface area contributed by atoms with Crippen molar-refractivity contribution in [3.8, 4) is 5.75 Å². The number of amides is 1. The summed E-state index contributed by atoms with van der Waals surface area (Å²) in [5.41, 5.74) is 5.15. The fourth-order valence-electron chi connectivity index (χ4n) is 4.86. The minimum atomic E-state index is -0.900. The molecule has 0 spiro atoms. The fourth-order valence-corrected chi connectivity index (χ4v) is 4.86. The number of piperidine rings is 1. The third kappa shape index (κ3) is 3.78. The van der Waals surface area contributed by atoms with Gasteiger partial charge in [-0.25, -0.2) is 4.79 Å². The van der Waals surface area contributed by atoms with Gasteiger partial charge in [0.1, 0.15) is 11.8 Å². The first kappa shape index (κ1) is 20.4. The van der Waals surface area contributed by atoms with Gasteiger partial charge in [0.2, 0.25) is 0 Å². The number of aliphatic carboxylic acids is 1. The molecule has 3 aromatic rings. The van der Waals surface area contributed by atoms with Crippen LogP contribution in [0.4, 0.5) is 4.79 Å². The van der Waals surface area contributed by atoms with E-state index in [0.717, 1.165) is 23.0 Å². The Kier molecular flexibility index (Phi) is 5.22. The number of aromatic nitrogens is 2. The Morgan fingerprint density at radius 2 is 1.69 bits per heavy atom. The third-order valence-electron chi connectivity index (χ3n) is 6.48. The van der Waals surface area contributed by atoms with E-state index in [1.807, 2.05) is 0 Å². The van der Waals surface area contributed by atoms with Crippen LogP contribution in [0.3, 0.4) is 0 Å². The van der Waals surface area contributed by atoms with Crippen LogP contribution in [0.15, 0.2) is 48.8 Å². The number of carbonyl (C=O) groups is 2. The van der Waals surface area contributed by atoms with Gasteiger partial charge in [0.15, 0.2) is 0 Å². The van der Waals surface area contributed by atoms with Crippen LogP contribution in [-0.4, -0.2) is 58.2 Å². The maximum absolute atomic E-state index is 12.9. The lowest BCUT2D eigenvalue weighted by Crippen LogP contribution is -2.41. The summed E-state index contributed by atoms with van der Waals surface area (Å²) in [4.78, 5) is 34.7. The molecule has 2 aromatic carbocycles. The zero-order valence-electron chi connectivity index (χ0n) is 17.7. The van der Waals surface area contributed by atoms with Gasteiger partial charge in [-0.05, 0) is 60.8 Å². The number of hydrogen-bond acceptors (Lipinski definition) is 6. The summed E-state index contributed by atoms with van der Waals surface area (Å²) in [6, 6.07) is 10.6. The summed E-state index contributed by atoms with van der Waals surface area (Å²) >= 11 is 0. The molecule has 5 rings (SSSR count). The van der Waals surface area contributed by atoms with Crippen molar-refractivity contribution in [2.45, 2.75) is 30.7 Å². The third-order valence-corrected chi connectivity index (χ3v) is 6.48. The Hall–Kier alpha value is -3.52. The Morgan fingerprint density at radius 3 is 2.22 bits per heavy atom. The highest BCUT2D eigenvalue weighted by Crippen LogP contribution is 2.47. The minimum absolute atomic E-state index is 0.277. The van der Waals surface area contributed by atoms with Crippen molar-refractivity contribution in [2.24, 2.45) is 0 Å². The first-order chi connectivity index (χ1) is 15.5. The van der Waals surface area contributed by atoms with Gasteiger partial charge in [0, 0.05) is 37.3 Å². The number of likely N-dealkylation sites (tertiary alicyclic amines) is 1. The van der Waals surface area contributed by atoms with Crippen molar-refractivity contribution in [3.05, 3.63) is 65.5 Å². The molecule has 164 valence electrons. The highest BCUT2D eigenvalue weighted by Gasteiger charge is 2.40. The van der Waals surface area contributed by atoms with E-state index in [4.69, 9.17) is 4.74 Å². The smallest absolute Gasteiger partial charge is 0.415 e. The van der Waals surface area contributed by atoms with Crippen LogP contribution in [0.1, 0.15) is 34.9 Å². The first-order valence-electron chi connectivity index (χ1n) is 10.7. The fraction of sp³-hybridized carbons (Fsp3) is 0.333. The molecule has 1 saturated heterocycles. The SMILES string of the molecule is CNC(Cc1ccc(OC(=O)N2CC3CC(C2)c2cc4nccnc4cc23)cc1)C(=O)O. The van der Waals surface area contributed by atoms with Crippen LogP contribution in [-0.2, 0) is 11.2 Å². The van der Waals surface area contributed by atoms with Crippen molar-refractivity contribution >= 4 is 23.1 Å².